The largest absolute Gasteiger partial charge is 0.338 e. The normalized spacial score (nSPS) is 23.4. The van der Waals surface area contributed by atoms with Crippen LogP contribution < -0.4 is 10.6 Å². The maximum absolute atomic E-state index is 12.6. The Hall–Kier alpha value is -2.42. The van der Waals surface area contributed by atoms with Crippen molar-refractivity contribution in [3.05, 3.63) is 24.3 Å². The summed E-state index contributed by atoms with van der Waals surface area (Å²) in [5.41, 5.74) is 1.23. The zero-order chi connectivity index (χ0) is 21.2. The number of anilines is 2. The summed E-state index contributed by atoms with van der Waals surface area (Å²) in [7, 11) is -3.09. The molecule has 0 unspecified atom stereocenters. The number of carbonyl (C=O) groups is 3. The smallest absolute Gasteiger partial charge is 0.229 e. The number of nitrogens with one attached hydrogen (secondary N) is 2. The highest BCUT2D eigenvalue weighted by atomic mass is 32.2. The molecule has 2 saturated heterocycles. The number of benzene rings is 1. The molecule has 1 aromatic carbocycles. The van der Waals surface area contributed by atoms with Gasteiger partial charge in [-0.3, -0.25) is 14.4 Å². The predicted molar refractivity (Wildman–Crippen MR) is 110 cm³/mol. The first-order valence-corrected chi connectivity index (χ1v) is 11.7. The van der Waals surface area contributed by atoms with Gasteiger partial charge in [-0.15, -0.1) is 0 Å². The molecule has 0 spiro atoms. The van der Waals surface area contributed by atoms with Gasteiger partial charge in [-0.2, -0.15) is 0 Å². The summed E-state index contributed by atoms with van der Waals surface area (Å²) in [6, 6.07) is 6.49. The van der Waals surface area contributed by atoms with Gasteiger partial charge in [0.25, 0.3) is 0 Å². The monoisotopic (exact) mass is 421 g/mol. The van der Waals surface area contributed by atoms with Crippen LogP contribution in [0.25, 0.3) is 0 Å². The molecule has 2 heterocycles. The minimum Gasteiger partial charge on any atom is -0.338 e. The van der Waals surface area contributed by atoms with E-state index in [4.69, 9.17) is 0 Å². The SMILES string of the molecule is CC(C)CC(=O)Nc1ccc(NC(=O)[C@H]2CC(=O)N([C@H]3CCS(=O)(=O)C3)C2)cc1. The van der Waals surface area contributed by atoms with Crippen LogP contribution in [0, 0.1) is 11.8 Å². The summed E-state index contributed by atoms with van der Waals surface area (Å²) in [5, 5.41) is 5.60. The predicted octanol–water partition coefficient (Wildman–Crippen LogP) is 1.65. The van der Waals surface area contributed by atoms with E-state index in [-0.39, 0.29) is 54.2 Å². The average Bonchev–Trinajstić information content (AvgIpc) is 3.18. The Labute approximate surface area is 170 Å². The third kappa shape index (κ3) is 5.56. The van der Waals surface area contributed by atoms with Crippen molar-refractivity contribution in [2.24, 2.45) is 11.8 Å². The summed E-state index contributed by atoms with van der Waals surface area (Å²) in [6.45, 7) is 4.19. The van der Waals surface area contributed by atoms with E-state index in [0.717, 1.165) is 0 Å². The summed E-state index contributed by atoms with van der Waals surface area (Å²) in [4.78, 5) is 38.2. The van der Waals surface area contributed by atoms with E-state index in [0.29, 0.717) is 24.2 Å². The molecule has 2 aliphatic rings. The Morgan fingerprint density at radius 1 is 1.14 bits per heavy atom. The van der Waals surface area contributed by atoms with E-state index >= 15 is 0 Å². The molecule has 3 rings (SSSR count). The summed E-state index contributed by atoms with van der Waals surface area (Å²) in [6.07, 6.45) is 0.963. The van der Waals surface area contributed by atoms with Crippen molar-refractivity contribution in [1.82, 2.24) is 4.90 Å². The van der Waals surface area contributed by atoms with Crippen molar-refractivity contribution in [2.75, 3.05) is 28.7 Å². The van der Waals surface area contributed by atoms with Crippen LogP contribution in [0.4, 0.5) is 11.4 Å². The maximum atomic E-state index is 12.6. The minimum atomic E-state index is -3.09. The van der Waals surface area contributed by atoms with E-state index in [1.807, 2.05) is 13.8 Å². The molecule has 1 aromatic rings. The first-order chi connectivity index (χ1) is 13.6. The average molecular weight is 422 g/mol. The molecule has 158 valence electrons. The van der Waals surface area contributed by atoms with Crippen LogP contribution in [0.5, 0.6) is 0 Å². The molecule has 0 aromatic heterocycles. The van der Waals surface area contributed by atoms with E-state index in [2.05, 4.69) is 10.6 Å². The zero-order valence-electron chi connectivity index (χ0n) is 16.7. The van der Waals surface area contributed by atoms with Gasteiger partial charge >= 0.3 is 0 Å². The van der Waals surface area contributed by atoms with Crippen LogP contribution in [0.1, 0.15) is 33.1 Å². The molecule has 9 heteroatoms. The number of nitrogens with zero attached hydrogens (tertiary/aromatic N) is 1. The molecule has 2 aliphatic heterocycles. The summed E-state index contributed by atoms with van der Waals surface area (Å²) < 4.78 is 23.3. The summed E-state index contributed by atoms with van der Waals surface area (Å²) >= 11 is 0. The standard InChI is InChI=1S/C20H27N3O5S/c1-13(2)9-18(24)21-15-3-5-16(6-4-15)22-20(26)14-10-19(25)23(11-14)17-7-8-29(27,28)12-17/h3-6,13-14,17H,7-12H2,1-2H3,(H,21,24)(H,22,26)/t14-,17-/m0/s1. The quantitative estimate of drug-likeness (QED) is 0.725. The molecule has 0 radical (unpaired) electrons. The van der Waals surface area contributed by atoms with Crippen molar-refractivity contribution in [2.45, 2.75) is 39.2 Å². The van der Waals surface area contributed by atoms with Crippen molar-refractivity contribution in [1.29, 1.82) is 0 Å². The van der Waals surface area contributed by atoms with Crippen molar-refractivity contribution < 1.29 is 22.8 Å². The fraction of sp³-hybridized carbons (Fsp3) is 0.550. The highest BCUT2D eigenvalue weighted by Gasteiger charge is 2.41. The lowest BCUT2D eigenvalue weighted by molar-refractivity contribution is -0.129. The Morgan fingerprint density at radius 2 is 1.76 bits per heavy atom. The van der Waals surface area contributed by atoms with Gasteiger partial charge in [0, 0.05) is 36.8 Å². The molecule has 0 saturated carbocycles. The van der Waals surface area contributed by atoms with E-state index < -0.39 is 15.8 Å². The van der Waals surface area contributed by atoms with Crippen LogP contribution in [0.3, 0.4) is 0 Å². The van der Waals surface area contributed by atoms with Gasteiger partial charge in [-0.05, 0) is 36.6 Å². The van der Waals surface area contributed by atoms with Crippen LogP contribution in [-0.2, 0) is 24.2 Å². The van der Waals surface area contributed by atoms with Gasteiger partial charge < -0.3 is 15.5 Å². The first-order valence-electron chi connectivity index (χ1n) is 9.83. The number of sulfone groups is 1. The Morgan fingerprint density at radius 3 is 2.31 bits per heavy atom. The first kappa shape index (κ1) is 21.3. The zero-order valence-corrected chi connectivity index (χ0v) is 17.5. The van der Waals surface area contributed by atoms with Gasteiger partial charge in [-0.1, -0.05) is 13.8 Å². The number of hydrogen-bond donors (Lipinski definition) is 2. The van der Waals surface area contributed by atoms with Gasteiger partial charge in [0.05, 0.1) is 17.4 Å². The van der Waals surface area contributed by atoms with Crippen LogP contribution in [0.2, 0.25) is 0 Å². The minimum absolute atomic E-state index is 0.0168. The molecule has 2 fully saturated rings. The molecule has 8 nitrogen and oxygen atoms in total. The van der Waals surface area contributed by atoms with Crippen LogP contribution >= 0.6 is 0 Å². The second-order valence-corrected chi connectivity index (χ2v) is 10.4. The van der Waals surface area contributed by atoms with E-state index in [1.165, 1.54) is 0 Å². The number of rotatable bonds is 6. The van der Waals surface area contributed by atoms with Crippen LogP contribution in [0.15, 0.2) is 24.3 Å². The number of hydrogen-bond acceptors (Lipinski definition) is 5. The number of likely N-dealkylation sites (tertiary alicyclic amines) is 1. The van der Waals surface area contributed by atoms with E-state index in [1.54, 1.807) is 29.2 Å². The van der Waals surface area contributed by atoms with Crippen molar-refractivity contribution in [3.8, 4) is 0 Å². The Bertz CT molecular complexity index is 895. The third-order valence-corrected chi connectivity index (χ3v) is 6.96. The Balaban J connectivity index is 1.54. The molecule has 2 N–H and O–H groups in total. The second kappa shape index (κ2) is 8.52. The molecule has 0 aliphatic carbocycles. The third-order valence-electron chi connectivity index (χ3n) is 5.21. The number of amides is 3. The fourth-order valence-electron chi connectivity index (χ4n) is 3.75. The number of carbonyl (C=O) groups excluding carboxylic acids is 3. The lowest BCUT2D eigenvalue weighted by Crippen LogP contribution is -2.38. The van der Waals surface area contributed by atoms with E-state index in [9.17, 15) is 22.8 Å². The van der Waals surface area contributed by atoms with Gasteiger partial charge in [-0.25, -0.2) is 8.42 Å². The molecule has 0 bridgehead atoms. The fourth-order valence-corrected chi connectivity index (χ4v) is 5.48. The van der Waals surface area contributed by atoms with Gasteiger partial charge in [0.2, 0.25) is 17.7 Å². The Kier molecular flexibility index (Phi) is 6.26. The maximum Gasteiger partial charge on any atom is 0.229 e. The van der Waals surface area contributed by atoms with Crippen LogP contribution in [-0.4, -0.2) is 55.1 Å². The molecule has 2 atom stereocenters. The molecular weight excluding hydrogens is 394 g/mol. The molecule has 3 amide bonds. The highest BCUT2D eigenvalue weighted by molar-refractivity contribution is 7.91. The second-order valence-electron chi connectivity index (χ2n) is 8.22. The highest BCUT2D eigenvalue weighted by Crippen LogP contribution is 2.27. The van der Waals surface area contributed by atoms with Gasteiger partial charge in [0.15, 0.2) is 9.84 Å². The van der Waals surface area contributed by atoms with Gasteiger partial charge in [0.1, 0.15) is 0 Å². The molecular formula is C20H27N3O5S. The van der Waals surface area contributed by atoms with Crippen molar-refractivity contribution >= 4 is 38.9 Å². The lowest BCUT2D eigenvalue weighted by atomic mass is 10.1. The summed E-state index contributed by atoms with van der Waals surface area (Å²) in [5.74, 6) is -0.651. The molecule has 29 heavy (non-hydrogen) atoms. The lowest BCUT2D eigenvalue weighted by Gasteiger charge is -2.22. The topological polar surface area (TPSA) is 113 Å². The van der Waals surface area contributed by atoms with Crippen molar-refractivity contribution in [3.63, 3.8) is 0 Å².